The number of carboxylic acids is 1. The highest BCUT2D eigenvalue weighted by atomic mass is 19.1. The van der Waals surface area contributed by atoms with Gasteiger partial charge >= 0.3 is 12.1 Å². The van der Waals surface area contributed by atoms with E-state index in [2.05, 4.69) is 0 Å². The Balaban J connectivity index is 2.42. The average Bonchev–Trinajstić information content (AvgIpc) is 3.20. The molecule has 2 rings (SSSR count). The molecule has 5 nitrogen and oxygen atoms in total. The molecule has 6 heteroatoms. The fraction of sp³-hybridized carbons (Fsp3) is 0.529. The van der Waals surface area contributed by atoms with Crippen LogP contribution in [-0.4, -0.2) is 33.7 Å². The van der Waals surface area contributed by atoms with Crippen molar-refractivity contribution >= 4 is 12.1 Å². The SMILES string of the molecule is Cc1ccc(F)cc1C(C(=O)O)N(C(=O)OC(C)(C)C)C1CC1. The Kier molecular flexibility index (Phi) is 4.63. The minimum atomic E-state index is -1.26. The third-order valence-electron chi connectivity index (χ3n) is 3.59. The molecular weight excluding hydrogens is 301 g/mol. The lowest BCUT2D eigenvalue weighted by atomic mass is 9.99. The largest absolute Gasteiger partial charge is 0.479 e. The number of carboxylic acid groups (broad SMARTS) is 1. The van der Waals surface area contributed by atoms with Gasteiger partial charge in [-0.25, -0.2) is 14.0 Å². The van der Waals surface area contributed by atoms with Crippen LogP contribution in [0.4, 0.5) is 9.18 Å². The fourth-order valence-corrected chi connectivity index (χ4v) is 2.44. The van der Waals surface area contributed by atoms with Crippen LogP contribution in [-0.2, 0) is 9.53 Å². The molecule has 126 valence electrons. The quantitative estimate of drug-likeness (QED) is 0.918. The highest BCUT2D eigenvalue weighted by molar-refractivity contribution is 5.82. The van der Waals surface area contributed by atoms with Gasteiger partial charge in [-0.2, -0.15) is 0 Å². The first-order chi connectivity index (χ1) is 10.6. The second-order valence-electron chi connectivity index (χ2n) is 6.86. The molecule has 1 amide bonds. The van der Waals surface area contributed by atoms with Gasteiger partial charge in [0.1, 0.15) is 11.4 Å². The first kappa shape index (κ1) is 17.2. The topological polar surface area (TPSA) is 66.8 Å². The zero-order valence-electron chi connectivity index (χ0n) is 13.8. The van der Waals surface area contributed by atoms with E-state index < -0.39 is 29.5 Å². The number of rotatable bonds is 4. The number of carbonyl (C=O) groups excluding carboxylic acids is 1. The maximum Gasteiger partial charge on any atom is 0.411 e. The number of benzene rings is 1. The van der Waals surface area contributed by atoms with Gasteiger partial charge < -0.3 is 9.84 Å². The van der Waals surface area contributed by atoms with Gasteiger partial charge in [0.2, 0.25) is 0 Å². The van der Waals surface area contributed by atoms with Crippen LogP contribution in [0.2, 0.25) is 0 Å². The van der Waals surface area contributed by atoms with Gasteiger partial charge in [-0.15, -0.1) is 0 Å². The lowest BCUT2D eigenvalue weighted by molar-refractivity contribution is -0.143. The monoisotopic (exact) mass is 323 g/mol. The summed E-state index contributed by atoms with van der Waals surface area (Å²) in [5, 5.41) is 9.66. The predicted octanol–water partition coefficient (Wildman–Crippen LogP) is 3.66. The molecule has 1 saturated carbocycles. The standard InChI is InChI=1S/C17H22FNO4/c1-10-5-6-11(18)9-13(10)14(15(20)21)19(12-7-8-12)16(22)23-17(2,3)4/h5-6,9,12,14H,7-8H2,1-4H3,(H,20,21). The first-order valence-corrected chi connectivity index (χ1v) is 7.60. The lowest BCUT2D eigenvalue weighted by Crippen LogP contribution is -2.43. The first-order valence-electron chi connectivity index (χ1n) is 7.60. The third kappa shape index (κ3) is 4.21. The maximum absolute atomic E-state index is 13.6. The van der Waals surface area contributed by atoms with E-state index in [1.54, 1.807) is 27.7 Å². The van der Waals surface area contributed by atoms with Crippen molar-refractivity contribution in [1.29, 1.82) is 0 Å². The molecule has 1 N–H and O–H groups in total. The van der Waals surface area contributed by atoms with Gasteiger partial charge in [-0.05, 0) is 63.8 Å². The van der Waals surface area contributed by atoms with E-state index in [-0.39, 0.29) is 11.6 Å². The molecule has 0 heterocycles. The van der Waals surface area contributed by atoms with Crippen LogP contribution in [0.3, 0.4) is 0 Å². The fourth-order valence-electron chi connectivity index (χ4n) is 2.44. The summed E-state index contributed by atoms with van der Waals surface area (Å²) in [5.74, 6) is -1.73. The lowest BCUT2D eigenvalue weighted by Gasteiger charge is -2.32. The van der Waals surface area contributed by atoms with Gasteiger partial charge in [0, 0.05) is 6.04 Å². The van der Waals surface area contributed by atoms with E-state index in [1.807, 2.05) is 0 Å². The van der Waals surface area contributed by atoms with Crippen LogP contribution in [0.15, 0.2) is 18.2 Å². The second-order valence-corrected chi connectivity index (χ2v) is 6.86. The van der Waals surface area contributed by atoms with Crippen molar-refractivity contribution in [2.75, 3.05) is 0 Å². The van der Waals surface area contributed by atoms with E-state index >= 15 is 0 Å². The second kappa shape index (κ2) is 6.18. The van der Waals surface area contributed by atoms with E-state index in [0.717, 1.165) is 12.8 Å². The number of nitrogens with zero attached hydrogens (tertiary/aromatic N) is 1. The van der Waals surface area contributed by atoms with E-state index in [0.29, 0.717) is 5.56 Å². The maximum atomic E-state index is 13.6. The molecule has 1 atom stereocenters. The third-order valence-corrected chi connectivity index (χ3v) is 3.59. The van der Waals surface area contributed by atoms with Crippen LogP contribution in [0.1, 0.15) is 50.8 Å². The molecule has 1 aromatic rings. The van der Waals surface area contributed by atoms with Crippen LogP contribution < -0.4 is 0 Å². The molecule has 0 radical (unpaired) electrons. The zero-order chi connectivity index (χ0) is 17.4. The van der Waals surface area contributed by atoms with Crippen molar-refractivity contribution in [3.05, 3.63) is 35.1 Å². The number of hydrogen-bond acceptors (Lipinski definition) is 3. The molecule has 1 aromatic carbocycles. The Morgan fingerprint density at radius 3 is 2.43 bits per heavy atom. The van der Waals surface area contributed by atoms with Crippen molar-refractivity contribution in [3.8, 4) is 0 Å². The number of ether oxygens (including phenoxy) is 1. The Bertz CT molecular complexity index is 620. The summed E-state index contributed by atoms with van der Waals surface area (Å²) < 4.78 is 18.9. The Hall–Kier alpha value is -2.11. The van der Waals surface area contributed by atoms with Crippen LogP contribution >= 0.6 is 0 Å². The Morgan fingerprint density at radius 2 is 1.96 bits per heavy atom. The van der Waals surface area contributed by atoms with Crippen molar-refractivity contribution in [3.63, 3.8) is 0 Å². The van der Waals surface area contributed by atoms with Gasteiger partial charge in [0.05, 0.1) is 0 Å². The number of amides is 1. The highest BCUT2D eigenvalue weighted by Gasteiger charge is 2.44. The summed E-state index contributed by atoms with van der Waals surface area (Å²) in [7, 11) is 0. The van der Waals surface area contributed by atoms with Crippen LogP contribution in [0.25, 0.3) is 0 Å². The van der Waals surface area contributed by atoms with Crippen molar-refractivity contribution < 1.29 is 23.8 Å². The molecule has 0 saturated heterocycles. The molecule has 0 bridgehead atoms. The molecule has 1 aliphatic carbocycles. The summed E-state index contributed by atoms with van der Waals surface area (Å²) in [5.41, 5.74) is 0.160. The number of aliphatic carboxylic acids is 1. The van der Waals surface area contributed by atoms with Crippen molar-refractivity contribution in [2.24, 2.45) is 0 Å². The Labute approximate surface area is 135 Å². The van der Waals surface area contributed by atoms with Gasteiger partial charge in [-0.1, -0.05) is 6.07 Å². The average molecular weight is 323 g/mol. The van der Waals surface area contributed by atoms with Gasteiger partial charge in [0.25, 0.3) is 0 Å². The minimum absolute atomic E-state index is 0.186. The zero-order valence-corrected chi connectivity index (χ0v) is 13.8. The summed E-state index contributed by atoms with van der Waals surface area (Å²) >= 11 is 0. The van der Waals surface area contributed by atoms with Crippen molar-refractivity contribution in [1.82, 2.24) is 4.90 Å². The normalized spacial score (nSPS) is 15.9. The Morgan fingerprint density at radius 1 is 1.35 bits per heavy atom. The molecule has 23 heavy (non-hydrogen) atoms. The van der Waals surface area contributed by atoms with Crippen LogP contribution in [0, 0.1) is 12.7 Å². The summed E-state index contributed by atoms with van der Waals surface area (Å²) in [6, 6.07) is 2.52. The highest BCUT2D eigenvalue weighted by Crippen LogP contribution is 2.37. The molecule has 1 fully saturated rings. The van der Waals surface area contributed by atoms with E-state index in [1.165, 1.54) is 23.1 Å². The van der Waals surface area contributed by atoms with Gasteiger partial charge in [0.15, 0.2) is 6.04 Å². The van der Waals surface area contributed by atoms with Crippen molar-refractivity contribution in [2.45, 2.75) is 58.2 Å². The molecule has 0 aromatic heterocycles. The molecule has 0 spiro atoms. The number of hydrogen-bond donors (Lipinski definition) is 1. The molecule has 1 aliphatic rings. The number of halogens is 1. The van der Waals surface area contributed by atoms with Crippen LogP contribution in [0.5, 0.6) is 0 Å². The molecular formula is C17H22FNO4. The smallest absolute Gasteiger partial charge is 0.411 e. The summed E-state index contributed by atoms with van der Waals surface area (Å²) in [4.78, 5) is 25.6. The molecule has 0 aliphatic heterocycles. The number of carbonyl (C=O) groups is 2. The minimum Gasteiger partial charge on any atom is -0.479 e. The summed E-state index contributed by atoms with van der Waals surface area (Å²) in [6.07, 6.45) is 0.755. The van der Waals surface area contributed by atoms with E-state index in [4.69, 9.17) is 4.74 Å². The number of aryl methyl sites for hydroxylation is 1. The summed E-state index contributed by atoms with van der Waals surface area (Å²) in [6.45, 7) is 6.86. The predicted molar refractivity (Wildman–Crippen MR) is 82.6 cm³/mol. The molecule has 1 unspecified atom stereocenters. The van der Waals surface area contributed by atoms with E-state index in [9.17, 15) is 19.1 Å². The van der Waals surface area contributed by atoms with Gasteiger partial charge in [-0.3, -0.25) is 4.90 Å².